The van der Waals surface area contributed by atoms with Crippen molar-refractivity contribution in [3.8, 4) is 11.1 Å². The molecule has 1 aliphatic heterocycles. The number of pyridine rings is 1. The molecule has 0 aliphatic carbocycles. The summed E-state index contributed by atoms with van der Waals surface area (Å²) in [6.07, 6.45) is 2.59. The predicted octanol–water partition coefficient (Wildman–Crippen LogP) is 5.50. The van der Waals surface area contributed by atoms with Gasteiger partial charge in [0.2, 0.25) is 11.8 Å². The number of carbonyl (C=O) groups is 2. The molecule has 11 heteroatoms. The van der Waals surface area contributed by atoms with E-state index in [0.29, 0.717) is 43.0 Å². The van der Waals surface area contributed by atoms with Crippen LogP contribution in [-0.4, -0.2) is 34.0 Å². The highest BCUT2D eigenvalue weighted by molar-refractivity contribution is 7.99. The number of hydrogen-bond donors (Lipinski definition) is 4. The number of rotatable bonds is 14. The van der Waals surface area contributed by atoms with E-state index in [1.165, 1.54) is 18.0 Å². The van der Waals surface area contributed by atoms with Crippen molar-refractivity contribution in [2.45, 2.75) is 68.8 Å². The summed E-state index contributed by atoms with van der Waals surface area (Å²) in [6, 6.07) is 29.0. The van der Waals surface area contributed by atoms with Gasteiger partial charge in [0.15, 0.2) is 12.5 Å². The quantitative estimate of drug-likeness (QED) is 0.0348. The van der Waals surface area contributed by atoms with E-state index in [4.69, 9.17) is 14.7 Å². The number of hydroxylamine groups is 1. The van der Waals surface area contributed by atoms with Crippen LogP contribution >= 0.6 is 11.8 Å². The van der Waals surface area contributed by atoms with Gasteiger partial charge in [-0.15, -0.1) is 0 Å². The molecule has 0 bridgehead atoms. The van der Waals surface area contributed by atoms with Gasteiger partial charge >= 0.3 is 0 Å². The van der Waals surface area contributed by atoms with Crippen molar-refractivity contribution in [3.05, 3.63) is 125 Å². The number of nitrogens with zero attached hydrogens (tertiary/aromatic N) is 1. The zero-order chi connectivity index (χ0) is 33.0. The highest BCUT2D eigenvalue weighted by atomic mass is 32.2. The first-order valence-electron chi connectivity index (χ1n) is 15.6. The van der Waals surface area contributed by atoms with Gasteiger partial charge in [-0.25, -0.2) is 5.48 Å². The van der Waals surface area contributed by atoms with Crippen LogP contribution in [0.2, 0.25) is 0 Å². The molecule has 4 N–H and O–H groups in total. The first-order valence-corrected chi connectivity index (χ1v) is 16.6. The average molecular weight is 658 g/mol. The molecule has 5 rings (SSSR count). The Bertz CT molecular complexity index is 1620. The number of amides is 2. The van der Waals surface area contributed by atoms with Crippen molar-refractivity contribution in [2.24, 2.45) is 0 Å². The molecule has 0 unspecified atom stereocenters. The fourth-order valence-electron chi connectivity index (χ4n) is 5.41. The van der Waals surface area contributed by atoms with E-state index in [0.717, 1.165) is 38.1 Å². The number of aromatic nitrogens is 1. The lowest BCUT2D eigenvalue weighted by Crippen LogP contribution is -2.32. The van der Waals surface area contributed by atoms with Gasteiger partial charge in [-0.1, -0.05) is 84.6 Å². The van der Waals surface area contributed by atoms with Crippen molar-refractivity contribution >= 4 is 23.6 Å². The summed E-state index contributed by atoms with van der Waals surface area (Å²) in [4.78, 5) is 23.6. The lowest BCUT2D eigenvalue weighted by Gasteiger charge is -2.36. The number of benzene rings is 3. The van der Waals surface area contributed by atoms with Crippen LogP contribution in [0.15, 0.2) is 102 Å². The van der Waals surface area contributed by atoms with Gasteiger partial charge in [0, 0.05) is 49.3 Å². The SMILES string of the molecule is O=C(CCCCC(=O)NCc1ccccc1-c1ccc([C@H]2O[C@@H](CSc3cccc[n+]3[O-])C[C@@H](c3ccc(CO)cc3)O2)cc1)NO. The minimum absolute atomic E-state index is 0.0294. The summed E-state index contributed by atoms with van der Waals surface area (Å²) in [6.45, 7) is 0.335. The Morgan fingerprint density at radius 2 is 1.57 bits per heavy atom. The molecule has 1 aromatic heterocycles. The Morgan fingerprint density at radius 3 is 2.30 bits per heavy atom. The van der Waals surface area contributed by atoms with Crippen LogP contribution in [0.1, 0.15) is 66.8 Å². The van der Waals surface area contributed by atoms with Crippen LogP contribution in [0, 0.1) is 5.21 Å². The molecule has 1 aliphatic rings. The molecular formula is C36H39N3O7S. The standard InChI is InChI=1S/C36H39N3O7S/c40-23-25-12-14-27(15-13-25)32-21-30(24-47-35-11-5-6-20-39(35)44)45-36(46-32)28-18-16-26(17-19-28)31-8-2-1-7-29(31)22-37-33(41)9-3-4-10-34(42)38-43/h1-2,5-8,11-20,30,32,36,40,43H,3-4,9-10,21-24H2,(H,37,41)(H,38,42)/t30-,32+,36+/m1/s1. The molecule has 4 aromatic rings. The van der Waals surface area contributed by atoms with Crippen LogP contribution in [0.4, 0.5) is 0 Å². The van der Waals surface area contributed by atoms with Crippen LogP contribution in [0.5, 0.6) is 0 Å². The summed E-state index contributed by atoms with van der Waals surface area (Å²) in [5, 5.41) is 33.9. The second-order valence-corrected chi connectivity index (χ2v) is 12.4. The molecule has 0 spiro atoms. The van der Waals surface area contributed by atoms with Crippen LogP contribution in [0.25, 0.3) is 11.1 Å². The lowest BCUT2D eigenvalue weighted by atomic mass is 9.97. The molecule has 3 atom stereocenters. The Kier molecular flexibility index (Phi) is 12.4. The first kappa shape index (κ1) is 34.1. The molecule has 2 heterocycles. The number of carbonyl (C=O) groups excluding carboxylic acids is 2. The maximum absolute atomic E-state index is 12.4. The van der Waals surface area contributed by atoms with E-state index in [9.17, 15) is 19.9 Å². The van der Waals surface area contributed by atoms with Crippen molar-refractivity contribution in [1.82, 2.24) is 10.8 Å². The van der Waals surface area contributed by atoms with Crippen LogP contribution < -0.4 is 15.5 Å². The number of aliphatic hydroxyl groups excluding tert-OH is 1. The molecular weight excluding hydrogens is 618 g/mol. The minimum atomic E-state index is -0.626. The van der Waals surface area contributed by atoms with Crippen LogP contribution in [0.3, 0.4) is 0 Å². The molecule has 246 valence electrons. The number of aliphatic hydroxyl groups is 1. The Hall–Kier alpha value is -4.26. The summed E-state index contributed by atoms with van der Waals surface area (Å²) in [5.74, 6) is 0.0176. The summed E-state index contributed by atoms with van der Waals surface area (Å²) < 4.78 is 13.8. The smallest absolute Gasteiger partial charge is 0.251 e. The highest BCUT2D eigenvalue weighted by Gasteiger charge is 2.32. The van der Waals surface area contributed by atoms with E-state index >= 15 is 0 Å². The van der Waals surface area contributed by atoms with Gasteiger partial charge in [0.1, 0.15) is 0 Å². The second-order valence-electron chi connectivity index (χ2n) is 11.3. The molecule has 0 radical (unpaired) electrons. The van der Waals surface area contributed by atoms with E-state index in [2.05, 4.69) is 5.32 Å². The third kappa shape index (κ3) is 9.63. The van der Waals surface area contributed by atoms with E-state index in [1.807, 2.05) is 78.9 Å². The molecule has 3 aromatic carbocycles. The van der Waals surface area contributed by atoms with E-state index in [1.54, 1.807) is 17.6 Å². The molecule has 47 heavy (non-hydrogen) atoms. The Labute approximate surface area is 278 Å². The van der Waals surface area contributed by atoms with E-state index in [-0.39, 0.29) is 31.1 Å². The van der Waals surface area contributed by atoms with Gasteiger partial charge in [0.25, 0.3) is 5.03 Å². The number of hydrogen-bond acceptors (Lipinski definition) is 8. The first-order chi connectivity index (χ1) is 22.9. The third-order valence-electron chi connectivity index (χ3n) is 7.99. The Morgan fingerprint density at radius 1 is 0.872 bits per heavy atom. The molecule has 2 amide bonds. The van der Waals surface area contributed by atoms with Gasteiger partial charge in [0.05, 0.1) is 18.8 Å². The zero-order valence-corrected chi connectivity index (χ0v) is 26.7. The van der Waals surface area contributed by atoms with Crippen LogP contribution in [-0.2, 0) is 32.2 Å². The average Bonchev–Trinajstić information content (AvgIpc) is 3.12. The highest BCUT2D eigenvalue weighted by Crippen LogP contribution is 2.39. The third-order valence-corrected chi connectivity index (χ3v) is 9.14. The van der Waals surface area contributed by atoms with E-state index < -0.39 is 12.2 Å². The predicted molar refractivity (Wildman–Crippen MR) is 177 cm³/mol. The number of ether oxygens (including phenoxy) is 2. The fourth-order valence-corrected chi connectivity index (χ4v) is 6.34. The normalized spacial score (nSPS) is 17.6. The topological polar surface area (TPSA) is 144 Å². The monoisotopic (exact) mass is 657 g/mol. The summed E-state index contributed by atoms with van der Waals surface area (Å²) in [7, 11) is 0. The van der Waals surface area contributed by atoms with Crippen molar-refractivity contribution in [3.63, 3.8) is 0 Å². The minimum Gasteiger partial charge on any atom is -0.618 e. The summed E-state index contributed by atoms with van der Waals surface area (Å²) in [5.41, 5.74) is 7.23. The molecule has 0 saturated carbocycles. The molecule has 10 nitrogen and oxygen atoms in total. The molecule has 1 fully saturated rings. The second kappa shape index (κ2) is 17.1. The van der Waals surface area contributed by atoms with Gasteiger partial charge in [-0.05, 0) is 46.7 Å². The van der Waals surface area contributed by atoms with Crippen molar-refractivity contribution in [2.75, 3.05) is 5.75 Å². The van der Waals surface area contributed by atoms with Crippen molar-refractivity contribution in [1.29, 1.82) is 0 Å². The largest absolute Gasteiger partial charge is 0.618 e. The maximum Gasteiger partial charge on any atom is 0.251 e. The number of nitrogens with one attached hydrogen (secondary N) is 2. The van der Waals surface area contributed by atoms with Gasteiger partial charge < -0.3 is 25.1 Å². The maximum atomic E-state index is 12.4. The molecule has 1 saturated heterocycles. The number of unbranched alkanes of at least 4 members (excludes halogenated alkanes) is 1. The van der Waals surface area contributed by atoms with Gasteiger partial charge in [-0.3, -0.25) is 14.8 Å². The fraction of sp³-hybridized carbons (Fsp3) is 0.306. The zero-order valence-electron chi connectivity index (χ0n) is 25.9. The van der Waals surface area contributed by atoms with Crippen molar-refractivity contribution < 1.29 is 34.1 Å². The lowest BCUT2D eigenvalue weighted by molar-refractivity contribution is -0.645. The Balaban J connectivity index is 1.26. The summed E-state index contributed by atoms with van der Waals surface area (Å²) >= 11 is 1.45. The number of thioether (sulfide) groups is 1. The van der Waals surface area contributed by atoms with Gasteiger partial charge in [-0.2, -0.15) is 4.73 Å².